The molecule has 2 heterocycles. The molecular weight excluding hydrogens is 470 g/mol. The summed E-state index contributed by atoms with van der Waals surface area (Å²) in [7, 11) is 1.62. The zero-order chi connectivity index (χ0) is 24.2. The maximum Gasteiger partial charge on any atom is 0.270 e. The molecule has 34 heavy (non-hydrogen) atoms. The van der Waals surface area contributed by atoms with E-state index in [0.717, 1.165) is 22.6 Å². The van der Waals surface area contributed by atoms with Gasteiger partial charge in [-0.25, -0.2) is 15.0 Å². The SMILES string of the molecule is COc1ccc(CN(C(=O)c2cnc(Nc3cc(C)nc(C)n3)s2)c2c(C)cccc2Cl)cc1.[2HH]. The lowest BCUT2D eigenvalue weighted by molar-refractivity contribution is 0.0988. The molecule has 0 fully saturated rings. The van der Waals surface area contributed by atoms with Gasteiger partial charge in [-0.3, -0.25) is 4.79 Å². The summed E-state index contributed by atoms with van der Waals surface area (Å²) in [6, 6.07) is 15.0. The molecule has 7 nitrogen and oxygen atoms in total. The fourth-order valence-corrected chi connectivity index (χ4v) is 4.68. The van der Waals surface area contributed by atoms with Gasteiger partial charge in [0, 0.05) is 13.2 Å². The zero-order valence-corrected chi connectivity index (χ0v) is 20.9. The third-order valence-corrected chi connectivity index (χ3v) is 6.33. The van der Waals surface area contributed by atoms with Crippen molar-refractivity contribution in [2.45, 2.75) is 27.3 Å². The Bertz CT molecular complexity index is 1290. The van der Waals surface area contributed by atoms with Crippen molar-refractivity contribution in [3.8, 4) is 5.75 Å². The van der Waals surface area contributed by atoms with Crippen LogP contribution in [0.4, 0.5) is 16.6 Å². The van der Waals surface area contributed by atoms with Crippen molar-refractivity contribution in [2.75, 3.05) is 17.3 Å². The molecule has 0 aliphatic rings. The minimum atomic E-state index is -0.187. The van der Waals surface area contributed by atoms with E-state index in [2.05, 4.69) is 20.3 Å². The van der Waals surface area contributed by atoms with E-state index in [4.69, 9.17) is 16.3 Å². The largest absolute Gasteiger partial charge is 0.497 e. The molecule has 0 saturated carbocycles. The van der Waals surface area contributed by atoms with E-state index in [1.807, 2.05) is 63.2 Å². The van der Waals surface area contributed by atoms with Crippen molar-refractivity contribution >= 4 is 45.5 Å². The van der Waals surface area contributed by atoms with Gasteiger partial charge in [-0.05, 0) is 50.1 Å². The number of hydrogen-bond donors (Lipinski definition) is 1. The number of aryl methyl sites for hydroxylation is 3. The fraction of sp³-hybridized carbons (Fsp3) is 0.200. The summed E-state index contributed by atoms with van der Waals surface area (Å²) in [5, 5.41) is 4.25. The third kappa shape index (κ3) is 5.35. The van der Waals surface area contributed by atoms with Gasteiger partial charge in [0.05, 0.1) is 30.6 Å². The summed E-state index contributed by atoms with van der Waals surface area (Å²) in [5.41, 5.74) is 3.38. The molecule has 1 amide bonds. The van der Waals surface area contributed by atoms with Crippen LogP contribution in [0, 0.1) is 20.8 Å². The Morgan fingerprint density at radius 3 is 2.59 bits per heavy atom. The van der Waals surface area contributed by atoms with Crippen LogP contribution >= 0.6 is 22.9 Å². The number of methoxy groups -OCH3 is 1. The Kier molecular flexibility index (Phi) is 7.09. The van der Waals surface area contributed by atoms with E-state index < -0.39 is 0 Å². The van der Waals surface area contributed by atoms with Crippen molar-refractivity contribution in [3.63, 3.8) is 0 Å². The normalized spacial score (nSPS) is 10.7. The molecule has 4 rings (SSSR count). The highest BCUT2D eigenvalue weighted by Crippen LogP contribution is 2.33. The maximum absolute atomic E-state index is 13.7. The summed E-state index contributed by atoms with van der Waals surface area (Å²) < 4.78 is 5.26. The van der Waals surface area contributed by atoms with E-state index in [0.29, 0.717) is 38.9 Å². The first-order valence-corrected chi connectivity index (χ1v) is 11.8. The Morgan fingerprint density at radius 2 is 1.91 bits per heavy atom. The number of amides is 1. The molecule has 0 bridgehead atoms. The van der Waals surface area contributed by atoms with E-state index >= 15 is 0 Å². The summed E-state index contributed by atoms with van der Waals surface area (Å²) in [6.45, 7) is 6.02. The van der Waals surface area contributed by atoms with E-state index in [-0.39, 0.29) is 7.33 Å². The lowest BCUT2D eigenvalue weighted by atomic mass is 10.1. The van der Waals surface area contributed by atoms with Crippen molar-refractivity contribution in [3.05, 3.63) is 87.3 Å². The zero-order valence-electron chi connectivity index (χ0n) is 19.3. The number of rotatable bonds is 7. The first-order chi connectivity index (χ1) is 16.3. The van der Waals surface area contributed by atoms with Crippen LogP contribution in [0.3, 0.4) is 0 Å². The van der Waals surface area contributed by atoms with Crippen molar-refractivity contribution in [1.82, 2.24) is 15.0 Å². The number of para-hydroxylation sites is 1. The van der Waals surface area contributed by atoms with Crippen LogP contribution in [0.2, 0.25) is 5.02 Å². The standard InChI is InChI=1S/C25H24ClN5O2S.H2/c1-15-6-5-7-20(26)23(15)31(14-18-8-10-19(33-4)11-9-18)24(32)21-13-27-25(34-21)30-22-12-16(2)28-17(3)29-22;/h5-13H,14H2,1-4H3,(H,27,28,29,30);1H/i;1+1. The number of ether oxygens (including phenoxy) is 1. The molecule has 0 saturated heterocycles. The summed E-state index contributed by atoms with van der Waals surface area (Å²) in [4.78, 5) is 28.9. The number of anilines is 3. The van der Waals surface area contributed by atoms with Gasteiger partial charge >= 0.3 is 0 Å². The molecular formula is C25H26ClN5O2S. The molecule has 176 valence electrons. The number of aromatic nitrogens is 3. The van der Waals surface area contributed by atoms with Gasteiger partial charge in [0.25, 0.3) is 5.91 Å². The van der Waals surface area contributed by atoms with Crippen molar-refractivity contribution in [2.24, 2.45) is 0 Å². The number of carbonyl (C=O) groups is 1. The monoisotopic (exact) mass is 496 g/mol. The quantitative estimate of drug-likeness (QED) is 0.321. The number of benzene rings is 2. The molecule has 9 heteroatoms. The Balaban J connectivity index is 0.00000342. The lowest BCUT2D eigenvalue weighted by Crippen LogP contribution is -2.30. The summed E-state index contributed by atoms with van der Waals surface area (Å²) in [5.74, 6) is 1.86. The molecule has 2 aromatic heterocycles. The topological polar surface area (TPSA) is 80.2 Å². The molecule has 0 unspecified atom stereocenters. The van der Waals surface area contributed by atoms with Crippen molar-refractivity contribution < 1.29 is 11.0 Å². The number of nitrogens with zero attached hydrogens (tertiary/aromatic N) is 4. The molecule has 0 radical (unpaired) electrons. The number of hydrogen-bond acceptors (Lipinski definition) is 7. The average molecular weight is 497 g/mol. The van der Waals surface area contributed by atoms with Crippen LogP contribution in [0.25, 0.3) is 0 Å². The Morgan fingerprint density at radius 1 is 1.15 bits per heavy atom. The predicted molar refractivity (Wildman–Crippen MR) is 139 cm³/mol. The molecule has 0 aliphatic carbocycles. The van der Waals surface area contributed by atoms with Gasteiger partial charge in [0.1, 0.15) is 22.3 Å². The molecule has 0 aliphatic heterocycles. The number of nitrogens with one attached hydrogen (secondary N) is 1. The Hall–Kier alpha value is -3.49. The fourth-order valence-electron chi connectivity index (χ4n) is 3.59. The van der Waals surface area contributed by atoms with Crippen LogP contribution in [0.15, 0.2) is 54.7 Å². The van der Waals surface area contributed by atoms with Gasteiger partial charge in [-0.1, -0.05) is 47.2 Å². The Labute approximate surface area is 208 Å². The molecule has 0 atom stereocenters. The summed E-state index contributed by atoms with van der Waals surface area (Å²) in [6.07, 6.45) is 1.57. The molecule has 4 aromatic rings. The first kappa shape index (κ1) is 23.7. The van der Waals surface area contributed by atoms with Crippen LogP contribution < -0.4 is 15.0 Å². The molecule has 2 aromatic carbocycles. The van der Waals surface area contributed by atoms with Crippen LogP contribution in [-0.2, 0) is 6.54 Å². The number of carbonyl (C=O) groups excluding carboxylic acids is 1. The minimum absolute atomic E-state index is 0. The highest BCUT2D eigenvalue weighted by atomic mass is 35.5. The van der Waals surface area contributed by atoms with Crippen LogP contribution in [-0.4, -0.2) is 28.0 Å². The van der Waals surface area contributed by atoms with E-state index in [1.165, 1.54) is 11.3 Å². The van der Waals surface area contributed by atoms with E-state index in [9.17, 15) is 4.79 Å². The average Bonchev–Trinajstić information content (AvgIpc) is 3.26. The van der Waals surface area contributed by atoms with Crippen molar-refractivity contribution in [1.29, 1.82) is 0 Å². The van der Waals surface area contributed by atoms with Gasteiger partial charge < -0.3 is 15.0 Å². The number of halogens is 1. The first-order valence-electron chi connectivity index (χ1n) is 10.6. The second-order valence-corrected chi connectivity index (χ2v) is 9.18. The van der Waals surface area contributed by atoms with Gasteiger partial charge in [0.15, 0.2) is 5.13 Å². The highest BCUT2D eigenvalue weighted by molar-refractivity contribution is 7.17. The predicted octanol–water partition coefficient (Wildman–Crippen LogP) is 6.36. The third-order valence-electron chi connectivity index (χ3n) is 5.12. The van der Waals surface area contributed by atoms with E-state index in [1.54, 1.807) is 24.3 Å². The minimum Gasteiger partial charge on any atom is -0.497 e. The molecule has 1 N–H and O–H groups in total. The molecule has 0 spiro atoms. The summed E-state index contributed by atoms with van der Waals surface area (Å²) >= 11 is 7.82. The second kappa shape index (κ2) is 10.2. The van der Waals surface area contributed by atoms with Gasteiger partial charge in [0.2, 0.25) is 0 Å². The second-order valence-electron chi connectivity index (χ2n) is 7.74. The van der Waals surface area contributed by atoms with Gasteiger partial charge in [-0.2, -0.15) is 0 Å². The van der Waals surface area contributed by atoms with Crippen LogP contribution in [0.1, 0.15) is 33.7 Å². The maximum atomic E-state index is 13.7. The van der Waals surface area contributed by atoms with Crippen LogP contribution in [0.5, 0.6) is 5.75 Å². The smallest absolute Gasteiger partial charge is 0.270 e. The van der Waals surface area contributed by atoms with Gasteiger partial charge in [-0.15, -0.1) is 0 Å². The number of thiazole rings is 1. The lowest BCUT2D eigenvalue weighted by Gasteiger charge is -2.25. The highest BCUT2D eigenvalue weighted by Gasteiger charge is 2.24.